The van der Waals surface area contributed by atoms with E-state index < -0.39 is 6.10 Å². The molecule has 1 unspecified atom stereocenters. The molecule has 2 aromatic heterocycles. The van der Waals surface area contributed by atoms with Gasteiger partial charge in [-0.3, -0.25) is 0 Å². The smallest absolute Gasteiger partial charge is 0.271 e. The molecule has 0 bridgehead atoms. The summed E-state index contributed by atoms with van der Waals surface area (Å²) in [5, 5.41) is 17.3. The number of nitrogens with zero attached hydrogens (tertiary/aromatic N) is 4. The Bertz CT molecular complexity index is 468. The summed E-state index contributed by atoms with van der Waals surface area (Å²) in [4.78, 5) is 4.89. The summed E-state index contributed by atoms with van der Waals surface area (Å²) in [7, 11) is 0. The predicted molar refractivity (Wildman–Crippen MR) is 57.8 cm³/mol. The molecule has 2 heterocycles. The van der Waals surface area contributed by atoms with Crippen molar-refractivity contribution in [2.75, 3.05) is 0 Å². The maximum atomic E-state index is 9.69. The molecule has 0 aromatic carbocycles. The van der Waals surface area contributed by atoms with Crippen molar-refractivity contribution in [2.24, 2.45) is 0 Å². The van der Waals surface area contributed by atoms with E-state index in [1.807, 2.05) is 13.8 Å². The van der Waals surface area contributed by atoms with Crippen molar-refractivity contribution < 1.29 is 9.63 Å². The van der Waals surface area contributed by atoms with Gasteiger partial charge in [0.15, 0.2) is 0 Å². The second kappa shape index (κ2) is 4.67. The van der Waals surface area contributed by atoms with Crippen molar-refractivity contribution in [1.29, 1.82) is 0 Å². The minimum atomic E-state index is -0.663. The van der Waals surface area contributed by atoms with E-state index in [1.54, 1.807) is 0 Å². The van der Waals surface area contributed by atoms with Crippen LogP contribution in [0.15, 0.2) is 4.52 Å². The van der Waals surface area contributed by atoms with Gasteiger partial charge in [0.2, 0.25) is 5.82 Å². The van der Waals surface area contributed by atoms with E-state index in [0.29, 0.717) is 18.1 Å². The van der Waals surface area contributed by atoms with Crippen molar-refractivity contribution in [1.82, 2.24) is 19.7 Å². The molecule has 0 radical (unpaired) electrons. The van der Waals surface area contributed by atoms with Crippen LogP contribution < -0.4 is 0 Å². The average molecular weight is 240 g/mol. The van der Waals surface area contributed by atoms with Gasteiger partial charge in [-0.15, -0.1) is 5.10 Å². The Labute approximate surface area is 96.5 Å². The number of aryl methyl sites for hydroxylation is 1. The largest absolute Gasteiger partial charge is 0.385 e. The lowest BCUT2D eigenvalue weighted by atomic mass is 10.2. The molecule has 1 N–H and O–H groups in total. The van der Waals surface area contributed by atoms with E-state index in [-0.39, 0.29) is 0 Å². The summed E-state index contributed by atoms with van der Waals surface area (Å²) in [6.07, 6.45) is 0.828. The van der Waals surface area contributed by atoms with Crippen molar-refractivity contribution in [2.45, 2.75) is 32.8 Å². The Morgan fingerprint density at radius 3 is 2.94 bits per heavy atom. The summed E-state index contributed by atoms with van der Waals surface area (Å²) in [6, 6.07) is 0. The van der Waals surface area contributed by atoms with Crippen molar-refractivity contribution in [3.8, 4) is 10.8 Å². The highest BCUT2D eigenvalue weighted by Gasteiger charge is 2.18. The number of rotatable bonds is 4. The lowest BCUT2D eigenvalue weighted by molar-refractivity contribution is 0.153. The molecule has 0 spiro atoms. The summed E-state index contributed by atoms with van der Waals surface area (Å²) in [5.74, 6) is 0.697. The molecule has 16 heavy (non-hydrogen) atoms. The summed E-state index contributed by atoms with van der Waals surface area (Å²) in [6.45, 7) is 3.81. The fraction of sp³-hybridized carbons (Fsp3) is 0.556. The van der Waals surface area contributed by atoms with Gasteiger partial charge in [-0.2, -0.15) is 4.98 Å². The zero-order chi connectivity index (χ0) is 11.5. The fourth-order valence-corrected chi connectivity index (χ4v) is 1.87. The SMILES string of the molecule is CCCC(O)c1noc(-c2snnc2C)n1. The van der Waals surface area contributed by atoms with E-state index in [1.165, 1.54) is 11.5 Å². The van der Waals surface area contributed by atoms with Crippen molar-refractivity contribution in [3.05, 3.63) is 11.5 Å². The van der Waals surface area contributed by atoms with Gasteiger partial charge in [-0.1, -0.05) is 23.0 Å². The molecule has 0 aliphatic heterocycles. The molecule has 2 rings (SSSR count). The van der Waals surface area contributed by atoms with Gasteiger partial charge >= 0.3 is 0 Å². The normalized spacial score (nSPS) is 12.9. The highest BCUT2D eigenvalue weighted by molar-refractivity contribution is 7.09. The zero-order valence-electron chi connectivity index (χ0n) is 9.04. The lowest BCUT2D eigenvalue weighted by Crippen LogP contribution is -1.98. The molecule has 86 valence electrons. The highest BCUT2D eigenvalue weighted by Crippen LogP contribution is 2.25. The first kappa shape index (κ1) is 11.2. The molecular formula is C9H12N4O2S. The van der Waals surface area contributed by atoms with Crippen LogP contribution in [0.1, 0.15) is 37.4 Å². The maximum Gasteiger partial charge on any atom is 0.271 e. The second-order valence-corrected chi connectivity index (χ2v) is 4.20. The fourth-order valence-electron chi connectivity index (χ4n) is 1.29. The predicted octanol–water partition coefficient (Wildman–Crippen LogP) is 1.73. The first-order valence-corrected chi connectivity index (χ1v) is 5.80. The second-order valence-electron chi connectivity index (χ2n) is 3.45. The van der Waals surface area contributed by atoms with Crippen LogP contribution in [-0.4, -0.2) is 24.8 Å². The molecule has 0 aliphatic rings. The Balaban J connectivity index is 2.23. The molecule has 0 saturated carbocycles. The van der Waals surface area contributed by atoms with E-state index >= 15 is 0 Å². The van der Waals surface area contributed by atoms with E-state index in [2.05, 4.69) is 19.7 Å². The van der Waals surface area contributed by atoms with Gasteiger partial charge in [-0.05, 0) is 24.9 Å². The highest BCUT2D eigenvalue weighted by atomic mass is 32.1. The van der Waals surface area contributed by atoms with Gasteiger partial charge in [0.05, 0.1) is 5.69 Å². The van der Waals surface area contributed by atoms with Gasteiger partial charge in [0.1, 0.15) is 11.0 Å². The van der Waals surface area contributed by atoms with Gasteiger partial charge in [-0.25, -0.2) is 0 Å². The quantitative estimate of drug-likeness (QED) is 0.876. The minimum absolute atomic E-state index is 0.324. The van der Waals surface area contributed by atoms with Gasteiger partial charge in [0.25, 0.3) is 5.89 Å². The average Bonchev–Trinajstić information content (AvgIpc) is 2.86. The van der Waals surface area contributed by atoms with Crippen LogP contribution in [0.5, 0.6) is 0 Å². The Kier molecular flexibility index (Phi) is 3.25. The van der Waals surface area contributed by atoms with Crippen LogP contribution in [-0.2, 0) is 0 Å². The molecule has 0 aliphatic carbocycles. The number of hydrogen-bond acceptors (Lipinski definition) is 7. The molecule has 0 amide bonds. The number of aliphatic hydroxyl groups excluding tert-OH is 1. The summed E-state index contributed by atoms with van der Waals surface area (Å²) < 4.78 is 8.86. The topological polar surface area (TPSA) is 84.9 Å². The number of aromatic nitrogens is 4. The number of aliphatic hydroxyl groups is 1. The molecule has 2 aromatic rings. The van der Waals surface area contributed by atoms with Crippen LogP contribution in [0.2, 0.25) is 0 Å². The molecule has 0 fully saturated rings. The van der Waals surface area contributed by atoms with Crippen LogP contribution in [0, 0.1) is 6.92 Å². The zero-order valence-corrected chi connectivity index (χ0v) is 9.86. The molecule has 0 saturated heterocycles. The summed E-state index contributed by atoms with van der Waals surface area (Å²) in [5.41, 5.74) is 0.755. The summed E-state index contributed by atoms with van der Waals surface area (Å²) >= 11 is 1.20. The van der Waals surface area contributed by atoms with E-state index in [0.717, 1.165) is 17.0 Å². The Hall–Kier alpha value is -1.34. The van der Waals surface area contributed by atoms with E-state index in [9.17, 15) is 5.11 Å². The first-order valence-electron chi connectivity index (χ1n) is 5.03. The molecule has 1 atom stereocenters. The van der Waals surface area contributed by atoms with Crippen LogP contribution >= 0.6 is 11.5 Å². The Morgan fingerprint density at radius 1 is 1.50 bits per heavy atom. The minimum Gasteiger partial charge on any atom is -0.385 e. The van der Waals surface area contributed by atoms with Gasteiger partial charge < -0.3 is 9.63 Å². The third-order valence-corrected chi connectivity index (χ3v) is 2.96. The van der Waals surface area contributed by atoms with Crippen LogP contribution in [0.25, 0.3) is 10.8 Å². The first-order chi connectivity index (χ1) is 7.72. The Morgan fingerprint density at radius 2 is 2.31 bits per heavy atom. The van der Waals surface area contributed by atoms with Crippen LogP contribution in [0.3, 0.4) is 0 Å². The maximum absolute atomic E-state index is 9.69. The third-order valence-electron chi connectivity index (χ3n) is 2.15. The van der Waals surface area contributed by atoms with E-state index in [4.69, 9.17) is 4.52 Å². The monoisotopic (exact) mass is 240 g/mol. The lowest BCUT2D eigenvalue weighted by Gasteiger charge is -2.00. The molecule has 7 heteroatoms. The number of hydrogen-bond donors (Lipinski definition) is 1. The molecule has 6 nitrogen and oxygen atoms in total. The third kappa shape index (κ3) is 2.10. The van der Waals surface area contributed by atoms with Crippen LogP contribution in [0.4, 0.5) is 0 Å². The van der Waals surface area contributed by atoms with Gasteiger partial charge in [0, 0.05) is 0 Å². The van der Waals surface area contributed by atoms with Crippen molar-refractivity contribution >= 4 is 11.5 Å². The molecular weight excluding hydrogens is 228 g/mol. The van der Waals surface area contributed by atoms with Crippen molar-refractivity contribution in [3.63, 3.8) is 0 Å². The standard InChI is InChI=1S/C9H12N4O2S/c1-3-4-6(14)8-10-9(15-12-8)7-5(2)11-13-16-7/h6,14H,3-4H2,1-2H3.